The molecule has 0 saturated heterocycles. The molecular formula is H7Na3O8P2. The second-order valence-electron chi connectivity index (χ2n) is 1.12. The maximum Gasteiger partial charge on any atom is 1.00 e. The molecule has 0 fully saturated rings. The summed E-state index contributed by atoms with van der Waals surface area (Å²) in [5.41, 5.74) is 0. The van der Waals surface area contributed by atoms with Gasteiger partial charge in [-0.2, -0.15) is 4.31 Å². The van der Waals surface area contributed by atoms with Crippen LogP contribution in [-0.2, 0) is 18.1 Å². The predicted octanol–water partition coefficient (Wildman–Crippen LogP) is -8.96. The summed E-state index contributed by atoms with van der Waals surface area (Å²) in [4.78, 5) is 23.7. The largest absolute Gasteiger partial charge is 1.00 e. The van der Waals surface area contributed by atoms with E-state index in [0.29, 0.717) is 0 Å². The van der Waals surface area contributed by atoms with E-state index in [1.807, 2.05) is 0 Å². The van der Waals surface area contributed by atoms with E-state index in [1.54, 1.807) is 0 Å². The molecule has 0 rings (SSSR count). The number of hydrogen-bond donors (Lipinski definition) is 4. The molecule has 0 aliphatic carbocycles. The van der Waals surface area contributed by atoms with Crippen molar-refractivity contribution in [1.29, 1.82) is 0 Å². The summed E-state index contributed by atoms with van der Waals surface area (Å²) in [6.45, 7) is 0. The topological polar surface area (TPSA) is 134 Å². The van der Waals surface area contributed by atoms with E-state index in [2.05, 4.69) is 8.99 Å². The fourth-order valence-electron chi connectivity index (χ4n) is 0.149. The van der Waals surface area contributed by atoms with E-state index in [4.69, 9.17) is 19.9 Å². The number of hydrogen-bond acceptors (Lipinski definition) is 5. The van der Waals surface area contributed by atoms with Crippen molar-refractivity contribution in [2.45, 2.75) is 0 Å². The molecule has 1 atom stereocenters. The Morgan fingerprint density at radius 3 is 1.38 bits per heavy atom. The molecular weight excluding hydrogens is 259 g/mol. The molecule has 0 aliphatic heterocycles. The van der Waals surface area contributed by atoms with Crippen LogP contribution in [0.25, 0.3) is 0 Å². The third-order valence-corrected chi connectivity index (χ3v) is 2.20. The van der Waals surface area contributed by atoms with Gasteiger partial charge in [0.15, 0.2) is 0 Å². The van der Waals surface area contributed by atoms with Crippen LogP contribution >= 0.6 is 15.6 Å². The van der Waals surface area contributed by atoms with E-state index in [9.17, 15) is 9.13 Å². The van der Waals surface area contributed by atoms with Crippen molar-refractivity contribution in [1.82, 2.24) is 0 Å². The third kappa shape index (κ3) is 17.8. The summed E-state index contributed by atoms with van der Waals surface area (Å²) >= 11 is 0. The van der Waals surface area contributed by atoms with Gasteiger partial charge in [0.25, 0.3) is 0 Å². The Kier molecular flexibility index (Phi) is 20.1. The van der Waals surface area contributed by atoms with Crippen LogP contribution < -0.4 is 88.7 Å². The van der Waals surface area contributed by atoms with Gasteiger partial charge < -0.3 is 19.0 Å². The standard InChI is InChI=1S/3Na.H4O8P2.3H/c;;;1-7-10(5,6)8-9(2,3)4;;;/h;;;1H,(H,5,6)(H2,2,3,4);;;/q3*+1;;3*-1. The van der Waals surface area contributed by atoms with Crippen LogP contribution in [0.15, 0.2) is 0 Å². The van der Waals surface area contributed by atoms with Crippen molar-refractivity contribution in [3.63, 3.8) is 0 Å². The Hall–Kier alpha value is 3.22. The molecule has 0 heterocycles. The Bertz CT molecular complexity index is 207. The predicted molar refractivity (Wildman–Crippen MR) is 30.0 cm³/mol. The normalized spacial score (nSPS) is 14.2. The zero-order chi connectivity index (χ0) is 8.41. The minimum absolute atomic E-state index is 0. The summed E-state index contributed by atoms with van der Waals surface area (Å²) in [5, 5.41) is 7.48. The van der Waals surface area contributed by atoms with Crippen LogP contribution in [-0.4, -0.2) is 19.9 Å². The molecule has 1 unspecified atom stereocenters. The zero-order valence-corrected chi connectivity index (χ0v) is 15.1. The van der Waals surface area contributed by atoms with Crippen molar-refractivity contribution < 1.29 is 131 Å². The summed E-state index contributed by atoms with van der Waals surface area (Å²) in [5.74, 6) is 0. The number of rotatable bonds is 3. The molecule has 0 aromatic heterocycles. The van der Waals surface area contributed by atoms with Gasteiger partial charge in [0.1, 0.15) is 0 Å². The van der Waals surface area contributed by atoms with E-state index >= 15 is 0 Å². The van der Waals surface area contributed by atoms with Crippen LogP contribution in [0.2, 0.25) is 0 Å². The monoisotopic (exact) mass is 266 g/mol. The van der Waals surface area contributed by atoms with E-state index in [1.165, 1.54) is 0 Å². The van der Waals surface area contributed by atoms with Gasteiger partial charge in [0.2, 0.25) is 0 Å². The van der Waals surface area contributed by atoms with E-state index in [-0.39, 0.29) is 93.0 Å². The van der Waals surface area contributed by atoms with Gasteiger partial charge in [-0.05, 0) is 0 Å². The fourth-order valence-corrected chi connectivity index (χ4v) is 1.34. The molecule has 4 N–H and O–H groups in total. The molecule has 0 amide bonds. The fraction of sp³-hybridized carbons (Fsp3) is 0. The summed E-state index contributed by atoms with van der Waals surface area (Å²) in [6.07, 6.45) is 0. The minimum Gasteiger partial charge on any atom is -1.00 e. The SMILES string of the molecule is O=P(O)(O)OP(=O)(O)OO.[H-].[H-].[H-].[Na+].[Na+].[Na+]. The summed E-state index contributed by atoms with van der Waals surface area (Å²) in [6, 6.07) is 0. The molecule has 13 heavy (non-hydrogen) atoms. The Morgan fingerprint density at radius 1 is 1.00 bits per heavy atom. The minimum atomic E-state index is -5.10. The summed E-state index contributed by atoms with van der Waals surface area (Å²) in [7, 11) is -10.1. The van der Waals surface area contributed by atoms with Gasteiger partial charge in [-0.3, -0.25) is 0 Å². The van der Waals surface area contributed by atoms with Crippen molar-refractivity contribution in [3.8, 4) is 0 Å². The van der Waals surface area contributed by atoms with Crippen molar-refractivity contribution in [2.75, 3.05) is 0 Å². The zero-order valence-electron chi connectivity index (χ0n) is 10.3. The van der Waals surface area contributed by atoms with Crippen LogP contribution in [0.1, 0.15) is 4.28 Å². The third-order valence-electron chi connectivity index (χ3n) is 0.313. The molecule has 0 aliphatic rings. The van der Waals surface area contributed by atoms with Gasteiger partial charge in [-0.25, -0.2) is 14.4 Å². The second-order valence-corrected chi connectivity index (χ2v) is 3.86. The van der Waals surface area contributed by atoms with Gasteiger partial charge in [0, 0.05) is 0 Å². The Morgan fingerprint density at radius 2 is 1.31 bits per heavy atom. The van der Waals surface area contributed by atoms with Crippen molar-refractivity contribution in [3.05, 3.63) is 0 Å². The molecule has 0 radical (unpaired) electrons. The molecule has 0 spiro atoms. The maximum absolute atomic E-state index is 9.97. The van der Waals surface area contributed by atoms with Crippen LogP contribution in [0.3, 0.4) is 0 Å². The second kappa shape index (κ2) is 10.4. The molecule has 0 bridgehead atoms. The van der Waals surface area contributed by atoms with Gasteiger partial charge in [-0.1, -0.05) is 0 Å². The molecule has 0 saturated carbocycles. The van der Waals surface area contributed by atoms with Gasteiger partial charge in [-0.15, -0.1) is 4.67 Å². The first-order valence-electron chi connectivity index (χ1n) is 1.70. The van der Waals surface area contributed by atoms with Gasteiger partial charge in [0.05, 0.1) is 0 Å². The summed E-state index contributed by atoms with van der Waals surface area (Å²) < 4.78 is 25.5. The quantitative estimate of drug-likeness (QED) is 0.171. The average Bonchev–Trinajstić information content (AvgIpc) is 1.60. The van der Waals surface area contributed by atoms with Crippen molar-refractivity contribution >= 4 is 15.6 Å². The molecule has 13 heteroatoms. The smallest absolute Gasteiger partial charge is 1.00 e. The molecule has 0 aromatic carbocycles. The van der Waals surface area contributed by atoms with Crippen molar-refractivity contribution in [2.24, 2.45) is 0 Å². The first kappa shape index (κ1) is 25.2. The molecule has 0 aromatic rings. The van der Waals surface area contributed by atoms with E-state index < -0.39 is 15.6 Å². The Balaban J connectivity index is -0.0000000270. The maximum atomic E-state index is 9.97. The first-order valence-corrected chi connectivity index (χ1v) is 4.72. The average molecular weight is 266 g/mol. The van der Waals surface area contributed by atoms with Gasteiger partial charge >= 0.3 is 104 Å². The molecule has 8 nitrogen and oxygen atoms in total. The number of phosphoric acid groups is 2. The first-order chi connectivity index (χ1) is 4.27. The van der Waals surface area contributed by atoms with E-state index in [0.717, 1.165) is 0 Å². The van der Waals surface area contributed by atoms with Crippen LogP contribution in [0, 0.1) is 0 Å². The Labute approximate surface area is 145 Å². The van der Waals surface area contributed by atoms with Crippen LogP contribution in [0.4, 0.5) is 0 Å². The van der Waals surface area contributed by atoms with Crippen LogP contribution in [0.5, 0.6) is 0 Å². The molecule has 68 valence electrons.